The van der Waals surface area contributed by atoms with Crippen molar-refractivity contribution in [1.82, 2.24) is 20.9 Å². The van der Waals surface area contributed by atoms with Gasteiger partial charge >= 0.3 is 18.0 Å². The summed E-state index contributed by atoms with van der Waals surface area (Å²) in [5.74, 6) is -1.86. The number of nitrogens with one attached hydrogen (secondary N) is 3. The van der Waals surface area contributed by atoms with E-state index in [9.17, 15) is 19.2 Å². The highest BCUT2D eigenvalue weighted by atomic mass is 16.6. The predicted molar refractivity (Wildman–Crippen MR) is 133 cm³/mol. The van der Waals surface area contributed by atoms with Crippen LogP contribution in [0, 0.1) is 5.92 Å². The van der Waals surface area contributed by atoms with Crippen LogP contribution in [-0.4, -0.2) is 85.8 Å². The van der Waals surface area contributed by atoms with Gasteiger partial charge in [0, 0.05) is 6.92 Å². The number of carbonyl (C=O) groups excluding carboxylic acids is 4. The second kappa shape index (κ2) is 13.7. The van der Waals surface area contributed by atoms with E-state index in [1.54, 1.807) is 18.7 Å². The Hall–Kier alpha value is -3.75. The number of benzene rings is 1. The molecule has 0 saturated carbocycles. The summed E-state index contributed by atoms with van der Waals surface area (Å²) in [5, 5.41) is 8.07. The van der Waals surface area contributed by atoms with Gasteiger partial charge in [-0.25, -0.2) is 9.59 Å². The molecule has 2 heterocycles. The average molecular weight is 535 g/mol. The summed E-state index contributed by atoms with van der Waals surface area (Å²) < 4.78 is 21.5. The van der Waals surface area contributed by atoms with E-state index in [0.29, 0.717) is 0 Å². The highest BCUT2D eigenvalue weighted by Gasteiger charge is 2.41. The normalized spacial score (nSPS) is 21.8. The summed E-state index contributed by atoms with van der Waals surface area (Å²) in [4.78, 5) is 54.3. The van der Waals surface area contributed by atoms with Gasteiger partial charge in [0.25, 0.3) is 5.91 Å². The molecule has 1 aromatic carbocycles. The predicted octanol–water partition coefficient (Wildman–Crippen LogP) is -0.613. The van der Waals surface area contributed by atoms with Gasteiger partial charge in [0.2, 0.25) is 0 Å². The van der Waals surface area contributed by atoms with Crippen molar-refractivity contribution in [2.45, 2.75) is 58.0 Å². The van der Waals surface area contributed by atoms with Gasteiger partial charge in [0.15, 0.2) is 6.04 Å². The van der Waals surface area contributed by atoms with E-state index >= 15 is 0 Å². The summed E-state index contributed by atoms with van der Waals surface area (Å²) >= 11 is 0. The van der Waals surface area contributed by atoms with E-state index in [2.05, 4.69) is 20.9 Å². The Bertz CT molecular complexity index is 1010. The first-order chi connectivity index (χ1) is 18.1. The molecule has 208 valence electrons. The summed E-state index contributed by atoms with van der Waals surface area (Å²) in [5.41, 5.74) is 6.58. The average Bonchev–Trinajstić information content (AvgIpc) is 3.28. The van der Waals surface area contributed by atoms with Gasteiger partial charge in [0.1, 0.15) is 51.2 Å². The Morgan fingerprint density at radius 2 is 1.84 bits per heavy atom. The number of carbonyl (C=O) groups is 4. The molecule has 2 aliphatic heterocycles. The van der Waals surface area contributed by atoms with Crippen molar-refractivity contribution < 1.29 is 38.1 Å². The SMILES string of the molecule is CC(=O)OCC(COC(=O)C(NC(=O)OCc1ccccc1)C(C)C)OCN1C=NC2C(=O)NC(N)NC21. The molecule has 0 bridgehead atoms. The second-order valence-electron chi connectivity index (χ2n) is 9.10. The van der Waals surface area contributed by atoms with Crippen molar-refractivity contribution in [3.8, 4) is 0 Å². The Kier molecular flexibility index (Phi) is 10.4. The van der Waals surface area contributed by atoms with Gasteiger partial charge in [-0.1, -0.05) is 44.2 Å². The lowest BCUT2D eigenvalue weighted by Crippen LogP contribution is -2.69. The fourth-order valence-electron chi connectivity index (χ4n) is 3.67. The maximum atomic E-state index is 12.8. The molecule has 2 amide bonds. The molecule has 14 heteroatoms. The molecule has 1 fully saturated rings. The van der Waals surface area contributed by atoms with Crippen molar-refractivity contribution >= 4 is 30.3 Å². The molecular weight excluding hydrogens is 500 g/mol. The monoisotopic (exact) mass is 534 g/mol. The van der Waals surface area contributed by atoms with Crippen LogP contribution in [0.25, 0.3) is 0 Å². The standard InChI is InChI=1S/C24H34N6O8/c1-14(2)18(27-24(34)37-9-16-7-5-4-6-8-16)22(33)36-11-17(10-35-15(3)31)38-13-30-12-26-19-20(30)28-23(25)29-21(19)32/h4-8,12,14,17-20,23,28H,9-11,13,25H2,1-3H3,(H,27,34)(H,29,32). The van der Waals surface area contributed by atoms with Crippen LogP contribution in [0.15, 0.2) is 35.3 Å². The molecule has 14 nitrogen and oxygen atoms in total. The van der Waals surface area contributed by atoms with Crippen molar-refractivity contribution in [1.29, 1.82) is 0 Å². The maximum absolute atomic E-state index is 12.8. The molecule has 3 rings (SSSR count). The topological polar surface area (TPSA) is 183 Å². The highest BCUT2D eigenvalue weighted by molar-refractivity contribution is 5.87. The van der Waals surface area contributed by atoms with Crippen molar-refractivity contribution in [3.63, 3.8) is 0 Å². The highest BCUT2D eigenvalue weighted by Crippen LogP contribution is 2.16. The third-order valence-electron chi connectivity index (χ3n) is 5.70. The molecule has 0 aromatic heterocycles. The van der Waals surface area contributed by atoms with Gasteiger partial charge in [-0.3, -0.25) is 25.6 Å². The van der Waals surface area contributed by atoms with Crippen molar-refractivity contribution in [2.75, 3.05) is 19.9 Å². The molecule has 0 spiro atoms. The van der Waals surface area contributed by atoms with E-state index in [0.717, 1.165) is 5.56 Å². The number of rotatable bonds is 12. The molecule has 5 unspecified atom stereocenters. The Balaban J connectivity index is 1.52. The first kappa shape index (κ1) is 28.8. The third-order valence-corrected chi connectivity index (χ3v) is 5.70. The van der Waals surface area contributed by atoms with Crippen LogP contribution in [0.5, 0.6) is 0 Å². The molecule has 5 atom stereocenters. The maximum Gasteiger partial charge on any atom is 0.408 e. The molecule has 0 radical (unpaired) electrons. The van der Waals surface area contributed by atoms with Crippen LogP contribution in [-0.2, 0) is 39.9 Å². The van der Waals surface area contributed by atoms with E-state index in [-0.39, 0.29) is 38.4 Å². The smallest absolute Gasteiger partial charge is 0.408 e. The fraction of sp³-hybridized carbons (Fsp3) is 0.542. The molecule has 2 aliphatic rings. The first-order valence-corrected chi connectivity index (χ1v) is 12.1. The number of ether oxygens (including phenoxy) is 4. The van der Waals surface area contributed by atoms with Crippen LogP contribution in [0.1, 0.15) is 26.3 Å². The number of alkyl carbamates (subject to hydrolysis) is 1. The van der Waals surface area contributed by atoms with Gasteiger partial charge < -0.3 is 34.5 Å². The minimum absolute atomic E-state index is 0.0495. The van der Waals surface area contributed by atoms with Gasteiger partial charge in [0.05, 0.1) is 6.34 Å². The largest absolute Gasteiger partial charge is 0.463 e. The van der Waals surface area contributed by atoms with Crippen LogP contribution < -0.4 is 21.7 Å². The molecule has 0 aliphatic carbocycles. The lowest BCUT2D eigenvalue weighted by Gasteiger charge is -2.35. The third kappa shape index (κ3) is 8.39. The van der Waals surface area contributed by atoms with Crippen molar-refractivity contribution in [3.05, 3.63) is 35.9 Å². The summed E-state index contributed by atoms with van der Waals surface area (Å²) in [6.45, 7) is 4.28. The van der Waals surface area contributed by atoms with E-state index in [4.69, 9.17) is 24.7 Å². The van der Waals surface area contributed by atoms with Crippen LogP contribution >= 0.6 is 0 Å². The number of nitrogens with zero attached hydrogens (tertiary/aromatic N) is 2. The molecule has 5 N–H and O–H groups in total. The molecule has 1 aromatic rings. The number of hydrogen-bond donors (Lipinski definition) is 4. The minimum Gasteiger partial charge on any atom is -0.463 e. The summed E-state index contributed by atoms with van der Waals surface area (Å²) in [7, 11) is 0. The summed E-state index contributed by atoms with van der Waals surface area (Å²) in [6.07, 6.45) is -1.41. The first-order valence-electron chi connectivity index (χ1n) is 12.1. The van der Waals surface area contributed by atoms with E-state index in [1.807, 2.05) is 30.3 Å². The van der Waals surface area contributed by atoms with Crippen LogP contribution in [0.2, 0.25) is 0 Å². The lowest BCUT2D eigenvalue weighted by molar-refractivity contribution is -0.159. The van der Waals surface area contributed by atoms with Crippen molar-refractivity contribution in [2.24, 2.45) is 16.6 Å². The molecule has 38 heavy (non-hydrogen) atoms. The van der Waals surface area contributed by atoms with Crippen LogP contribution in [0.3, 0.4) is 0 Å². The fourth-order valence-corrected chi connectivity index (χ4v) is 3.67. The number of hydrogen-bond acceptors (Lipinski definition) is 12. The number of amides is 2. The quantitative estimate of drug-likeness (QED) is 0.198. The Labute approximate surface area is 220 Å². The van der Waals surface area contributed by atoms with Gasteiger partial charge in [-0.2, -0.15) is 0 Å². The number of aliphatic imine (C=N–C) groups is 1. The van der Waals surface area contributed by atoms with Gasteiger partial charge in [-0.05, 0) is 11.5 Å². The summed E-state index contributed by atoms with van der Waals surface area (Å²) in [6, 6.07) is 7.45. The van der Waals surface area contributed by atoms with Gasteiger partial charge in [-0.15, -0.1) is 0 Å². The lowest BCUT2D eigenvalue weighted by atomic mass is 10.1. The number of fused-ring (bicyclic) bond motifs is 1. The Morgan fingerprint density at radius 1 is 1.13 bits per heavy atom. The van der Waals surface area contributed by atoms with Crippen LogP contribution in [0.4, 0.5) is 4.79 Å². The molecular formula is C24H34N6O8. The zero-order valence-corrected chi connectivity index (χ0v) is 21.5. The zero-order chi connectivity index (χ0) is 27.7. The minimum atomic E-state index is -0.981. The number of esters is 2. The van der Waals surface area contributed by atoms with E-state index in [1.165, 1.54) is 13.3 Å². The Morgan fingerprint density at radius 3 is 2.53 bits per heavy atom. The molecule has 1 saturated heterocycles. The number of nitrogens with two attached hydrogens (primary N) is 1. The zero-order valence-electron chi connectivity index (χ0n) is 21.5. The van der Waals surface area contributed by atoms with E-state index < -0.39 is 48.7 Å². The second-order valence-corrected chi connectivity index (χ2v) is 9.10.